The Morgan fingerprint density at radius 1 is 1.78 bits per heavy atom. The van der Waals surface area contributed by atoms with E-state index in [-0.39, 0.29) is 11.4 Å². The molecule has 0 aromatic heterocycles. The lowest BCUT2D eigenvalue weighted by atomic mass is 9.97. The molecular formula is C6H10IO2. The molecule has 0 amide bonds. The van der Waals surface area contributed by atoms with Gasteiger partial charge in [-0.05, 0) is 13.8 Å². The predicted molar refractivity (Wildman–Crippen MR) is 44.1 cm³/mol. The molecule has 2 nitrogen and oxygen atoms in total. The first-order chi connectivity index (χ1) is 4.04. The lowest BCUT2D eigenvalue weighted by Crippen LogP contribution is -2.26. The minimum absolute atomic E-state index is 0.253. The van der Waals surface area contributed by atoms with Crippen molar-refractivity contribution in [2.24, 2.45) is 5.41 Å². The topological polar surface area (TPSA) is 26.3 Å². The fourth-order valence-electron chi connectivity index (χ4n) is 0.250. The van der Waals surface area contributed by atoms with Crippen molar-refractivity contribution in [3.05, 3.63) is 7.11 Å². The summed E-state index contributed by atoms with van der Waals surface area (Å²) in [4.78, 5) is 10.8. The zero-order valence-corrected chi connectivity index (χ0v) is 7.77. The Bertz CT molecular complexity index is 110. The van der Waals surface area contributed by atoms with E-state index in [1.54, 1.807) is 0 Å². The molecule has 0 N–H and O–H groups in total. The van der Waals surface area contributed by atoms with E-state index < -0.39 is 0 Å². The molecule has 0 saturated carbocycles. The third-order valence-electron chi connectivity index (χ3n) is 1.02. The van der Waals surface area contributed by atoms with E-state index in [1.807, 2.05) is 13.8 Å². The van der Waals surface area contributed by atoms with Crippen molar-refractivity contribution in [3.8, 4) is 0 Å². The van der Waals surface area contributed by atoms with Crippen molar-refractivity contribution in [2.45, 2.75) is 13.8 Å². The Morgan fingerprint density at radius 2 is 2.22 bits per heavy atom. The summed E-state index contributed by atoms with van der Waals surface area (Å²) >= 11 is 2.14. The summed E-state index contributed by atoms with van der Waals surface area (Å²) in [7, 11) is 3.05. The molecule has 9 heavy (non-hydrogen) atoms. The van der Waals surface area contributed by atoms with Gasteiger partial charge in [-0.25, -0.2) is 0 Å². The van der Waals surface area contributed by atoms with Crippen molar-refractivity contribution < 1.29 is 9.53 Å². The number of ether oxygens (including phenoxy) is 1. The molecule has 0 aromatic rings. The Labute approximate surface area is 69.1 Å². The van der Waals surface area contributed by atoms with E-state index in [2.05, 4.69) is 34.4 Å². The maximum Gasteiger partial charge on any atom is 0.312 e. The minimum Gasteiger partial charge on any atom is -0.462 e. The number of hydrogen-bond donors (Lipinski definition) is 0. The number of alkyl halides is 1. The summed E-state index contributed by atoms with van der Waals surface area (Å²) in [5, 5.41) is 0. The van der Waals surface area contributed by atoms with Crippen LogP contribution in [0.25, 0.3) is 0 Å². The summed E-state index contributed by atoms with van der Waals surface area (Å²) in [6.45, 7) is 3.65. The van der Waals surface area contributed by atoms with Gasteiger partial charge in [-0.3, -0.25) is 4.79 Å². The molecule has 0 aliphatic heterocycles. The smallest absolute Gasteiger partial charge is 0.312 e. The Morgan fingerprint density at radius 3 is 2.33 bits per heavy atom. The van der Waals surface area contributed by atoms with E-state index in [1.165, 1.54) is 0 Å². The largest absolute Gasteiger partial charge is 0.462 e. The zero-order valence-electron chi connectivity index (χ0n) is 5.61. The maximum absolute atomic E-state index is 10.8. The average molecular weight is 241 g/mol. The summed E-state index contributed by atoms with van der Waals surface area (Å²) in [6, 6.07) is 0. The van der Waals surface area contributed by atoms with Crippen LogP contribution in [0.2, 0.25) is 0 Å². The minimum atomic E-state index is -0.387. The van der Waals surface area contributed by atoms with E-state index in [0.717, 1.165) is 4.43 Å². The average Bonchev–Trinajstić information content (AvgIpc) is 1.86. The van der Waals surface area contributed by atoms with Gasteiger partial charge in [0.1, 0.15) is 7.11 Å². The van der Waals surface area contributed by atoms with E-state index in [0.29, 0.717) is 0 Å². The molecule has 0 bridgehead atoms. The van der Waals surface area contributed by atoms with Gasteiger partial charge in [0.2, 0.25) is 0 Å². The molecule has 0 aliphatic rings. The number of carbonyl (C=O) groups excluding carboxylic acids is 1. The van der Waals surface area contributed by atoms with E-state index in [9.17, 15) is 4.79 Å². The lowest BCUT2D eigenvalue weighted by Gasteiger charge is -2.16. The van der Waals surface area contributed by atoms with Crippen LogP contribution in [0.15, 0.2) is 0 Å². The molecule has 0 aromatic carbocycles. The Kier molecular flexibility index (Phi) is 3.46. The van der Waals surface area contributed by atoms with Crippen LogP contribution in [0.3, 0.4) is 0 Å². The molecule has 0 heterocycles. The van der Waals surface area contributed by atoms with Crippen LogP contribution in [-0.2, 0) is 9.53 Å². The van der Waals surface area contributed by atoms with Gasteiger partial charge < -0.3 is 4.74 Å². The van der Waals surface area contributed by atoms with Gasteiger partial charge >= 0.3 is 5.97 Å². The van der Waals surface area contributed by atoms with Gasteiger partial charge in [0.15, 0.2) is 0 Å². The summed E-state index contributed by atoms with van der Waals surface area (Å²) in [6.07, 6.45) is 0. The van der Waals surface area contributed by atoms with Crippen LogP contribution in [0.1, 0.15) is 13.8 Å². The summed E-state index contributed by atoms with van der Waals surface area (Å²) < 4.78 is 5.06. The number of halogens is 1. The highest BCUT2D eigenvalue weighted by molar-refractivity contribution is 14.1. The second-order valence-electron chi connectivity index (χ2n) is 2.45. The zero-order chi connectivity index (χ0) is 7.49. The summed E-state index contributed by atoms with van der Waals surface area (Å²) in [5.74, 6) is -0.253. The second kappa shape index (κ2) is 3.39. The first-order valence-corrected chi connectivity index (χ1v) is 4.09. The monoisotopic (exact) mass is 241 g/mol. The fraction of sp³-hybridized carbons (Fsp3) is 0.667. The van der Waals surface area contributed by atoms with E-state index >= 15 is 0 Å². The first-order valence-electron chi connectivity index (χ1n) is 2.57. The van der Waals surface area contributed by atoms with Crippen molar-refractivity contribution in [1.29, 1.82) is 0 Å². The van der Waals surface area contributed by atoms with E-state index in [4.69, 9.17) is 0 Å². The number of hydrogen-bond acceptors (Lipinski definition) is 2. The number of carbonyl (C=O) groups is 1. The molecule has 0 unspecified atom stereocenters. The van der Waals surface area contributed by atoms with Crippen LogP contribution < -0.4 is 0 Å². The van der Waals surface area contributed by atoms with Crippen molar-refractivity contribution in [1.82, 2.24) is 0 Å². The highest BCUT2D eigenvalue weighted by Gasteiger charge is 2.26. The van der Waals surface area contributed by atoms with Crippen molar-refractivity contribution >= 4 is 28.6 Å². The number of esters is 1. The molecule has 3 heteroatoms. The van der Waals surface area contributed by atoms with Crippen LogP contribution in [0, 0.1) is 12.5 Å². The predicted octanol–water partition coefficient (Wildman–Crippen LogP) is 1.78. The van der Waals surface area contributed by atoms with Crippen LogP contribution in [0.4, 0.5) is 0 Å². The van der Waals surface area contributed by atoms with Crippen LogP contribution in [-0.4, -0.2) is 10.4 Å². The molecule has 53 valence electrons. The SMILES string of the molecule is [CH2]OC(=O)C(C)(C)CI. The van der Waals surface area contributed by atoms with Gasteiger partial charge in [-0.15, -0.1) is 0 Å². The quantitative estimate of drug-likeness (QED) is 0.418. The normalized spacial score (nSPS) is 11.1. The summed E-state index contributed by atoms with van der Waals surface area (Å²) in [5.41, 5.74) is -0.387. The molecule has 0 saturated heterocycles. The highest BCUT2D eigenvalue weighted by Crippen LogP contribution is 2.19. The van der Waals surface area contributed by atoms with Gasteiger partial charge in [0.05, 0.1) is 5.41 Å². The van der Waals surface area contributed by atoms with Crippen molar-refractivity contribution in [3.63, 3.8) is 0 Å². The first kappa shape index (κ1) is 9.20. The Balaban J connectivity index is 3.97. The van der Waals surface area contributed by atoms with Crippen LogP contribution >= 0.6 is 22.6 Å². The van der Waals surface area contributed by atoms with Gasteiger partial charge in [-0.1, -0.05) is 22.6 Å². The van der Waals surface area contributed by atoms with Gasteiger partial charge in [0, 0.05) is 4.43 Å². The number of rotatable bonds is 2. The lowest BCUT2D eigenvalue weighted by molar-refractivity contribution is -0.146. The third kappa shape index (κ3) is 2.51. The van der Waals surface area contributed by atoms with Crippen LogP contribution in [0.5, 0.6) is 0 Å². The molecule has 0 spiro atoms. The molecule has 0 fully saturated rings. The molecule has 0 rings (SSSR count). The molecular weight excluding hydrogens is 231 g/mol. The van der Waals surface area contributed by atoms with Gasteiger partial charge in [-0.2, -0.15) is 0 Å². The molecule has 0 aliphatic carbocycles. The highest BCUT2D eigenvalue weighted by atomic mass is 127. The third-order valence-corrected chi connectivity index (χ3v) is 2.92. The van der Waals surface area contributed by atoms with Gasteiger partial charge in [0.25, 0.3) is 0 Å². The molecule has 1 radical (unpaired) electrons. The maximum atomic E-state index is 10.8. The van der Waals surface area contributed by atoms with Crippen molar-refractivity contribution in [2.75, 3.05) is 4.43 Å². The standard InChI is InChI=1S/C6H10IO2/c1-6(2,4-7)5(8)9-3/h3-4H2,1-2H3. The second-order valence-corrected chi connectivity index (χ2v) is 3.21. The Hall–Kier alpha value is 0.200. The molecule has 0 atom stereocenters. The fourth-order valence-corrected chi connectivity index (χ4v) is 0.561.